The molecule has 0 unspecified atom stereocenters. The molecule has 3 heterocycles. The lowest BCUT2D eigenvalue weighted by Crippen LogP contribution is -2.32. The number of nitrogens with zero attached hydrogens (tertiary/aromatic N) is 5. The van der Waals surface area contributed by atoms with Gasteiger partial charge < -0.3 is 9.64 Å². The summed E-state index contributed by atoms with van der Waals surface area (Å²) in [6.45, 7) is 5.86. The fraction of sp³-hybridized carbons (Fsp3) is 0.500. The summed E-state index contributed by atoms with van der Waals surface area (Å²) in [6, 6.07) is 0. The smallest absolute Gasteiger partial charge is 0.343 e. The second-order valence-corrected chi connectivity index (χ2v) is 5.64. The van der Waals surface area contributed by atoms with Gasteiger partial charge in [0.05, 0.1) is 12.8 Å². The third-order valence-electron chi connectivity index (χ3n) is 3.82. The van der Waals surface area contributed by atoms with Gasteiger partial charge in [0, 0.05) is 25.5 Å². The van der Waals surface area contributed by atoms with Crippen LogP contribution in [0.25, 0.3) is 5.95 Å². The predicted octanol–water partition coefficient (Wildman–Crippen LogP) is 2.14. The number of aryl methyl sites for hydroxylation is 1. The van der Waals surface area contributed by atoms with E-state index in [1.54, 1.807) is 24.0 Å². The summed E-state index contributed by atoms with van der Waals surface area (Å²) in [7, 11) is 0. The minimum atomic E-state index is -0.378. The molecule has 0 atom stereocenters. The Hall–Kier alpha value is -2.44. The first-order valence-corrected chi connectivity index (χ1v) is 8.00. The Morgan fingerprint density at radius 3 is 2.70 bits per heavy atom. The Bertz CT molecular complexity index is 692. The lowest BCUT2D eigenvalue weighted by atomic mass is 10.1. The summed E-state index contributed by atoms with van der Waals surface area (Å²) in [6.07, 6.45) is 8.57. The van der Waals surface area contributed by atoms with Gasteiger partial charge in [-0.1, -0.05) is 0 Å². The summed E-state index contributed by atoms with van der Waals surface area (Å²) < 4.78 is 6.76. The van der Waals surface area contributed by atoms with Gasteiger partial charge >= 0.3 is 5.97 Å². The first-order valence-electron chi connectivity index (χ1n) is 8.00. The summed E-state index contributed by atoms with van der Waals surface area (Å²) in [5.74, 6) is 0.726. The van der Waals surface area contributed by atoms with Crippen molar-refractivity contribution in [2.75, 3.05) is 24.6 Å². The van der Waals surface area contributed by atoms with Crippen molar-refractivity contribution in [3.05, 3.63) is 29.7 Å². The molecule has 0 aromatic carbocycles. The number of hydrogen-bond donors (Lipinski definition) is 0. The number of rotatable bonds is 4. The van der Waals surface area contributed by atoms with Gasteiger partial charge in [0.1, 0.15) is 11.4 Å². The number of aromatic nitrogens is 4. The third-order valence-corrected chi connectivity index (χ3v) is 3.82. The zero-order chi connectivity index (χ0) is 16.2. The minimum Gasteiger partial charge on any atom is -0.462 e. The molecule has 23 heavy (non-hydrogen) atoms. The van der Waals surface area contributed by atoms with Crippen molar-refractivity contribution in [2.45, 2.75) is 33.1 Å². The lowest BCUT2D eigenvalue weighted by Gasteiger charge is -2.29. The van der Waals surface area contributed by atoms with E-state index in [1.807, 2.05) is 13.1 Å². The maximum atomic E-state index is 12.2. The normalized spacial score (nSPS) is 14.8. The molecular weight excluding hydrogens is 294 g/mol. The van der Waals surface area contributed by atoms with E-state index in [0.29, 0.717) is 23.9 Å². The Morgan fingerprint density at radius 2 is 2.04 bits per heavy atom. The molecule has 122 valence electrons. The van der Waals surface area contributed by atoms with Crippen LogP contribution in [0, 0.1) is 6.92 Å². The van der Waals surface area contributed by atoms with E-state index in [0.717, 1.165) is 31.5 Å². The van der Waals surface area contributed by atoms with Crippen LogP contribution in [0.15, 0.2) is 18.6 Å². The minimum absolute atomic E-state index is 0.332. The van der Waals surface area contributed by atoms with Crippen molar-refractivity contribution in [1.82, 2.24) is 19.7 Å². The van der Waals surface area contributed by atoms with Crippen LogP contribution in [-0.2, 0) is 4.74 Å². The zero-order valence-electron chi connectivity index (χ0n) is 13.5. The number of piperidine rings is 1. The molecule has 1 aliphatic heterocycles. The van der Waals surface area contributed by atoms with Crippen LogP contribution in [0.4, 0.5) is 5.82 Å². The van der Waals surface area contributed by atoms with Gasteiger partial charge in [0.15, 0.2) is 0 Å². The van der Waals surface area contributed by atoms with Crippen LogP contribution in [0.1, 0.15) is 42.1 Å². The van der Waals surface area contributed by atoms with Crippen molar-refractivity contribution in [3.63, 3.8) is 0 Å². The van der Waals surface area contributed by atoms with Crippen LogP contribution < -0.4 is 4.90 Å². The second-order valence-electron chi connectivity index (χ2n) is 5.64. The SMILES string of the molecule is CCOC(=O)c1cnc(-n2cc(C)cn2)nc1N1CCCCC1. The highest BCUT2D eigenvalue weighted by molar-refractivity contribution is 5.94. The van der Waals surface area contributed by atoms with Gasteiger partial charge in [-0.2, -0.15) is 10.1 Å². The van der Waals surface area contributed by atoms with Crippen LogP contribution in [0.2, 0.25) is 0 Å². The first-order chi connectivity index (χ1) is 11.2. The molecule has 0 saturated carbocycles. The van der Waals surface area contributed by atoms with E-state index in [1.165, 1.54) is 6.42 Å². The van der Waals surface area contributed by atoms with Gasteiger partial charge in [0.25, 0.3) is 5.95 Å². The molecule has 0 aliphatic carbocycles. The average molecular weight is 315 g/mol. The summed E-state index contributed by atoms with van der Waals surface area (Å²) in [5, 5.41) is 4.24. The molecule has 0 N–H and O–H groups in total. The Labute approximate surface area is 135 Å². The molecule has 2 aromatic heterocycles. The van der Waals surface area contributed by atoms with E-state index in [4.69, 9.17) is 4.74 Å². The number of carbonyl (C=O) groups is 1. The van der Waals surface area contributed by atoms with E-state index in [-0.39, 0.29) is 5.97 Å². The van der Waals surface area contributed by atoms with Crippen molar-refractivity contribution in [3.8, 4) is 5.95 Å². The fourth-order valence-corrected chi connectivity index (χ4v) is 2.70. The maximum Gasteiger partial charge on any atom is 0.343 e. The monoisotopic (exact) mass is 315 g/mol. The summed E-state index contributed by atoms with van der Waals surface area (Å²) in [4.78, 5) is 23.2. The molecule has 7 nitrogen and oxygen atoms in total. The van der Waals surface area contributed by atoms with Crippen LogP contribution in [0.3, 0.4) is 0 Å². The highest BCUT2D eigenvalue weighted by Crippen LogP contribution is 2.23. The molecule has 0 radical (unpaired) electrons. The van der Waals surface area contributed by atoms with Gasteiger partial charge in [-0.15, -0.1) is 0 Å². The molecule has 0 amide bonds. The Morgan fingerprint density at radius 1 is 1.26 bits per heavy atom. The van der Waals surface area contributed by atoms with Crippen LogP contribution in [-0.4, -0.2) is 45.4 Å². The zero-order valence-corrected chi connectivity index (χ0v) is 13.5. The first kappa shape index (κ1) is 15.5. The Balaban J connectivity index is 2.00. The van der Waals surface area contributed by atoms with Gasteiger partial charge in [-0.05, 0) is 38.7 Å². The van der Waals surface area contributed by atoms with E-state index in [9.17, 15) is 4.79 Å². The summed E-state index contributed by atoms with van der Waals surface area (Å²) in [5.41, 5.74) is 1.45. The fourth-order valence-electron chi connectivity index (χ4n) is 2.70. The third kappa shape index (κ3) is 3.33. The van der Waals surface area contributed by atoms with Gasteiger partial charge in [-0.25, -0.2) is 14.5 Å². The number of anilines is 1. The molecule has 1 saturated heterocycles. The molecule has 0 spiro atoms. The van der Waals surface area contributed by atoms with Crippen LogP contribution in [0.5, 0.6) is 0 Å². The Kier molecular flexibility index (Phi) is 4.55. The highest BCUT2D eigenvalue weighted by Gasteiger charge is 2.22. The van der Waals surface area contributed by atoms with E-state index in [2.05, 4.69) is 20.0 Å². The van der Waals surface area contributed by atoms with E-state index >= 15 is 0 Å². The molecule has 0 bridgehead atoms. The highest BCUT2D eigenvalue weighted by atomic mass is 16.5. The van der Waals surface area contributed by atoms with Crippen molar-refractivity contribution < 1.29 is 9.53 Å². The molecular formula is C16H21N5O2. The van der Waals surface area contributed by atoms with Gasteiger partial charge in [-0.3, -0.25) is 0 Å². The quantitative estimate of drug-likeness (QED) is 0.805. The van der Waals surface area contributed by atoms with Crippen molar-refractivity contribution >= 4 is 11.8 Å². The van der Waals surface area contributed by atoms with Crippen molar-refractivity contribution in [1.29, 1.82) is 0 Å². The topological polar surface area (TPSA) is 73.1 Å². The molecule has 2 aromatic rings. The van der Waals surface area contributed by atoms with Gasteiger partial charge in [0.2, 0.25) is 0 Å². The number of esters is 1. The summed E-state index contributed by atoms with van der Waals surface area (Å²) >= 11 is 0. The standard InChI is InChI=1S/C16H21N5O2/c1-3-23-15(22)13-10-17-16(21-11-12(2)9-18-21)19-14(13)20-7-5-4-6-8-20/h9-11H,3-8H2,1-2H3. The molecule has 1 aliphatic rings. The van der Waals surface area contributed by atoms with Crippen LogP contribution >= 0.6 is 0 Å². The van der Waals surface area contributed by atoms with Crippen molar-refractivity contribution in [2.24, 2.45) is 0 Å². The molecule has 7 heteroatoms. The predicted molar refractivity (Wildman–Crippen MR) is 85.9 cm³/mol. The second kappa shape index (κ2) is 6.76. The number of ether oxygens (including phenoxy) is 1. The number of hydrogen-bond acceptors (Lipinski definition) is 6. The maximum absolute atomic E-state index is 12.2. The molecule has 1 fully saturated rings. The lowest BCUT2D eigenvalue weighted by molar-refractivity contribution is 0.0526. The number of carbonyl (C=O) groups excluding carboxylic acids is 1. The van der Waals surface area contributed by atoms with E-state index < -0.39 is 0 Å². The average Bonchev–Trinajstić information content (AvgIpc) is 3.02. The molecule has 3 rings (SSSR count). The largest absolute Gasteiger partial charge is 0.462 e.